The molecule has 0 heterocycles. The van der Waals surface area contributed by atoms with Crippen LogP contribution in [0.25, 0.3) is 0 Å². The molecule has 0 aliphatic heterocycles. The lowest BCUT2D eigenvalue weighted by Gasteiger charge is -2.14. The van der Waals surface area contributed by atoms with Gasteiger partial charge in [0.05, 0.1) is 13.2 Å². The Morgan fingerprint density at radius 2 is 1.90 bits per heavy atom. The smallest absolute Gasteiger partial charge is 0.161 e. The number of hydrogen-bond acceptors (Lipinski definition) is 4. The van der Waals surface area contributed by atoms with Crippen LogP contribution in [0.1, 0.15) is 26.3 Å². The first kappa shape index (κ1) is 16.8. The summed E-state index contributed by atoms with van der Waals surface area (Å²) >= 11 is 0. The summed E-state index contributed by atoms with van der Waals surface area (Å²) in [5.41, 5.74) is 6.74. The van der Waals surface area contributed by atoms with Crippen molar-refractivity contribution in [1.82, 2.24) is 0 Å². The van der Waals surface area contributed by atoms with Gasteiger partial charge in [0.25, 0.3) is 0 Å². The number of benzene rings is 1. The molecule has 0 aliphatic carbocycles. The summed E-state index contributed by atoms with van der Waals surface area (Å²) in [5, 5.41) is 0. The molecule has 4 nitrogen and oxygen atoms in total. The molecule has 1 aromatic carbocycles. The van der Waals surface area contributed by atoms with Crippen LogP contribution in [0.5, 0.6) is 11.5 Å². The van der Waals surface area contributed by atoms with Gasteiger partial charge in [0.2, 0.25) is 0 Å². The molecule has 0 bridgehead atoms. The Labute approximate surface area is 122 Å². The van der Waals surface area contributed by atoms with Gasteiger partial charge in [-0.25, -0.2) is 0 Å². The minimum atomic E-state index is 0.531. The first-order valence-electron chi connectivity index (χ1n) is 7.33. The number of hydrogen-bond donors (Lipinski definition) is 1. The van der Waals surface area contributed by atoms with Gasteiger partial charge in [-0.1, -0.05) is 19.9 Å². The highest BCUT2D eigenvalue weighted by Gasteiger charge is 2.06. The van der Waals surface area contributed by atoms with Crippen molar-refractivity contribution in [2.45, 2.75) is 27.2 Å². The van der Waals surface area contributed by atoms with Crippen molar-refractivity contribution >= 4 is 0 Å². The second-order valence-electron chi connectivity index (χ2n) is 5.07. The summed E-state index contributed by atoms with van der Waals surface area (Å²) in [6, 6.07) is 5.97. The van der Waals surface area contributed by atoms with Crippen LogP contribution in [0.3, 0.4) is 0 Å². The Morgan fingerprint density at radius 1 is 1.10 bits per heavy atom. The highest BCUT2D eigenvalue weighted by molar-refractivity contribution is 5.43. The largest absolute Gasteiger partial charge is 0.490 e. The van der Waals surface area contributed by atoms with Crippen molar-refractivity contribution in [2.75, 3.05) is 33.0 Å². The quantitative estimate of drug-likeness (QED) is 0.670. The zero-order chi connectivity index (χ0) is 14.8. The van der Waals surface area contributed by atoms with E-state index in [-0.39, 0.29) is 0 Å². The summed E-state index contributed by atoms with van der Waals surface area (Å²) in [4.78, 5) is 0. The van der Waals surface area contributed by atoms with E-state index in [9.17, 15) is 0 Å². The number of nitrogens with two attached hydrogens (primary N) is 1. The second-order valence-corrected chi connectivity index (χ2v) is 5.07. The van der Waals surface area contributed by atoms with Crippen LogP contribution in [-0.4, -0.2) is 33.0 Å². The van der Waals surface area contributed by atoms with Crippen LogP contribution < -0.4 is 15.2 Å². The normalized spacial score (nSPS) is 10.8. The average molecular weight is 281 g/mol. The lowest BCUT2D eigenvalue weighted by Crippen LogP contribution is -2.11. The third-order valence-electron chi connectivity index (χ3n) is 2.68. The maximum absolute atomic E-state index is 5.72. The van der Waals surface area contributed by atoms with Gasteiger partial charge >= 0.3 is 0 Å². The fourth-order valence-electron chi connectivity index (χ4n) is 1.79. The summed E-state index contributed by atoms with van der Waals surface area (Å²) in [6.45, 7) is 9.36. The molecule has 0 saturated carbocycles. The van der Waals surface area contributed by atoms with Crippen LogP contribution in [-0.2, 0) is 11.2 Å². The molecule has 0 atom stereocenters. The van der Waals surface area contributed by atoms with E-state index in [1.54, 1.807) is 0 Å². The maximum Gasteiger partial charge on any atom is 0.161 e. The van der Waals surface area contributed by atoms with Crippen LogP contribution in [0.15, 0.2) is 18.2 Å². The van der Waals surface area contributed by atoms with Crippen molar-refractivity contribution < 1.29 is 14.2 Å². The predicted octanol–water partition coefficient (Wildman–Crippen LogP) is 2.64. The fourth-order valence-corrected chi connectivity index (χ4v) is 1.79. The predicted molar refractivity (Wildman–Crippen MR) is 81.5 cm³/mol. The maximum atomic E-state index is 5.72. The molecule has 0 unspecified atom stereocenters. The molecule has 0 radical (unpaired) electrons. The molecule has 114 valence electrons. The summed E-state index contributed by atoms with van der Waals surface area (Å²) in [5.74, 6) is 2.09. The van der Waals surface area contributed by atoms with E-state index in [2.05, 4.69) is 13.8 Å². The Balaban J connectivity index is 2.50. The molecule has 1 aromatic rings. The number of ether oxygens (including phenoxy) is 3. The summed E-state index contributed by atoms with van der Waals surface area (Å²) in [6.07, 6.45) is 0.845. The van der Waals surface area contributed by atoms with Gasteiger partial charge in [-0.3, -0.25) is 0 Å². The zero-order valence-corrected chi connectivity index (χ0v) is 12.9. The minimum Gasteiger partial charge on any atom is -0.490 e. The monoisotopic (exact) mass is 281 g/mol. The highest BCUT2D eigenvalue weighted by Crippen LogP contribution is 2.28. The molecule has 1 rings (SSSR count). The Hall–Kier alpha value is -1.26. The first-order valence-corrected chi connectivity index (χ1v) is 7.33. The Kier molecular flexibility index (Phi) is 8.07. The molecular formula is C16H27NO3. The van der Waals surface area contributed by atoms with Crippen LogP contribution in [0.2, 0.25) is 0 Å². The summed E-state index contributed by atoms with van der Waals surface area (Å²) in [7, 11) is 0. The third kappa shape index (κ3) is 6.26. The zero-order valence-electron chi connectivity index (χ0n) is 12.9. The molecule has 20 heavy (non-hydrogen) atoms. The molecule has 0 fully saturated rings. The van der Waals surface area contributed by atoms with Crippen LogP contribution in [0.4, 0.5) is 0 Å². The Bertz CT molecular complexity index is 380. The van der Waals surface area contributed by atoms with E-state index < -0.39 is 0 Å². The molecule has 0 spiro atoms. The highest BCUT2D eigenvalue weighted by atomic mass is 16.5. The van der Waals surface area contributed by atoms with Gasteiger partial charge in [0.1, 0.15) is 6.61 Å². The average Bonchev–Trinajstić information content (AvgIpc) is 2.41. The van der Waals surface area contributed by atoms with Crippen molar-refractivity contribution in [3.8, 4) is 11.5 Å². The molecular weight excluding hydrogens is 254 g/mol. The van der Waals surface area contributed by atoms with Crippen LogP contribution >= 0.6 is 0 Å². The topological polar surface area (TPSA) is 53.7 Å². The van der Waals surface area contributed by atoms with Gasteiger partial charge in [0, 0.05) is 6.61 Å². The van der Waals surface area contributed by atoms with Gasteiger partial charge in [-0.05, 0) is 43.5 Å². The molecule has 0 aromatic heterocycles. The minimum absolute atomic E-state index is 0.531. The Morgan fingerprint density at radius 3 is 2.55 bits per heavy atom. The molecule has 0 amide bonds. The van der Waals surface area contributed by atoms with E-state index in [4.69, 9.17) is 19.9 Å². The SMILES string of the molecule is CCOc1cc(CCN)ccc1OCCOCC(C)C. The molecule has 0 aliphatic rings. The number of rotatable bonds is 10. The van der Waals surface area contributed by atoms with Gasteiger partial charge < -0.3 is 19.9 Å². The van der Waals surface area contributed by atoms with Crippen molar-refractivity contribution in [3.63, 3.8) is 0 Å². The molecule has 0 saturated heterocycles. The van der Waals surface area contributed by atoms with Crippen molar-refractivity contribution in [1.29, 1.82) is 0 Å². The molecule has 4 heteroatoms. The van der Waals surface area contributed by atoms with Gasteiger partial charge in [-0.15, -0.1) is 0 Å². The van der Waals surface area contributed by atoms with Gasteiger partial charge in [-0.2, -0.15) is 0 Å². The van der Waals surface area contributed by atoms with Gasteiger partial charge in [0.15, 0.2) is 11.5 Å². The summed E-state index contributed by atoms with van der Waals surface area (Å²) < 4.78 is 16.8. The van der Waals surface area contributed by atoms with E-state index in [1.807, 2.05) is 25.1 Å². The lowest BCUT2D eigenvalue weighted by atomic mass is 10.1. The lowest BCUT2D eigenvalue weighted by molar-refractivity contribution is 0.0808. The molecule has 2 N–H and O–H groups in total. The second kappa shape index (κ2) is 9.61. The van der Waals surface area contributed by atoms with E-state index in [1.165, 1.54) is 5.56 Å². The fraction of sp³-hybridized carbons (Fsp3) is 0.625. The third-order valence-corrected chi connectivity index (χ3v) is 2.68. The van der Waals surface area contributed by atoms with Crippen molar-refractivity contribution in [3.05, 3.63) is 23.8 Å². The van der Waals surface area contributed by atoms with E-state index in [0.29, 0.717) is 32.3 Å². The van der Waals surface area contributed by atoms with Crippen LogP contribution in [0, 0.1) is 5.92 Å². The van der Waals surface area contributed by atoms with Crippen molar-refractivity contribution in [2.24, 2.45) is 11.7 Å². The first-order chi connectivity index (χ1) is 9.67. The standard InChI is InChI=1S/C16H27NO3/c1-4-19-16-11-14(7-8-17)5-6-15(16)20-10-9-18-12-13(2)3/h5-6,11,13H,4,7-10,12,17H2,1-3H3. The van der Waals surface area contributed by atoms with E-state index in [0.717, 1.165) is 24.5 Å². The van der Waals surface area contributed by atoms with E-state index >= 15 is 0 Å².